The van der Waals surface area contributed by atoms with Crippen molar-refractivity contribution in [3.05, 3.63) is 24.0 Å². The van der Waals surface area contributed by atoms with Crippen molar-refractivity contribution >= 4 is 34.7 Å². The molecule has 114 valence electrons. The first kappa shape index (κ1) is 15.7. The molecule has 2 rings (SSSR count). The molecule has 1 aromatic rings. The lowest BCUT2D eigenvalue weighted by atomic mass is 10.1. The first-order valence-electron chi connectivity index (χ1n) is 7.14. The lowest BCUT2D eigenvalue weighted by molar-refractivity contribution is 0.150. The second-order valence-electron chi connectivity index (χ2n) is 4.91. The third kappa shape index (κ3) is 3.32. The molecule has 0 spiro atoms. The second-order valence-corrected chi connectivity index (χ2v) is 5.35. The SMILES string of the molecule is CCCCOC(=O)N1c2cc(F)ccc2NC(=S)[C@@H]1CC. The molecule has 6 heteroatoms. The second kappa shape index (κ2) is 6.85. The zero-order valence-corrected chi connectivity index (χ0v) is 13.0. The van der Waals surface area contributed by atoms with E-state index in [1.165, 1.54) is 17.0 Å². The van der Waals surface area contributed by atoms with Crippen molar-refractivity contribution in [3.63, 3.8) is 0 Å². The Labute approximate surface area is 129 Å². The smallest absolute Gasteiger partial charge is 0.415 e. The molecule has 21 heavy (non-hydrogen) atoms. The van der Waals surface area contributed by atoms with Crippen molar-refractivity contribution < 1.29 is 13.9 Å². The van der Waals surface area contributed by atoms with Crippen LogP contribution in [0.4, 0.5) is 20.6 Å². The topological polar surface area (TPSA) is 41.6 Å². The molecular weight excluding hydrogens is 291 g/mol. The molecule has 1 N–H and O–H groups in total. The van der Waals surface area contributed by atoms with Gasteiger partial charge < -0.3 is 10.1 Å². The number of anilines is 2. The Morgan fingerprint density at radius 2 is 2.24 bits per heavy atom. The number of nitrogens with one attached hydrogen (secondary N) is 1. The summed E-state index contributed by atoms with van der Waals surface area (Å²) < 4.78 is 18.8. The van der Waals surface area contributed by atoms with Crippen LogP contribution in [0.5, 0.6) is 0 Å². The maximum absolute atomic E-state index is 13.5. The van der Waals surface area contributed by atoms with Crippen molar-refractivity contribution in [1.82, 2.24) is 0 Å². The van der Waals surface area contributed by atoms with Gasteiger partial charge in [-0.1, -0.05) is 32.5 Å². The maximum atomic E-state index is 13.5. The Kier molecular flexibility index (Phi) is 5.12. The number of thiocarbonyl (C=S) groups is 1. The zero-order chi connectivity index (χ0) is 15.4. The zero-order valence-electron chi connectivity index (χ0n) is 12.2. The van der Waals surface area contributed by atoms with Crippen LogP contribution in [0.2, 0.25) is 0 Å². The van der Waals surface area contributed by atoms with Gasteiger partial charge in [-0.2, -0.15) is 0 Å². The Bertz CT molecular complexity index is 550. The lowest BCUT2D eigenvalue weighted by Gasteiger charge is -2.36. The van der Waals surface area contributed by atoms with E-state index >= 15 is 0 Å². The summed E-state index contributed by atoms with van der Waals surface area (Å²) in [7, 11) is 0. The lowest BCUT2D eigenvalue weighted by Crippen LogP contribution is -2.50. The minimum atomic E-state index is -0.481. The summed E-state index contributed by atoms with van der Waals surface area (Å²) in [4.78, 5) is 14.4. The Morgan fingerprint density at radius 1 is 1.48 bits per heavy atom. The molecule has 4 nitrogen and oxygen atoms in total. The third-order valence-corrected chi connectivity index (χ3v) is 3.77. The number of carbonyl (C=O) groups is 1. The van der Waals surface area contributed by atoms with Gasteiger partial charge in [-0.15, -0.1) is 0 Å². The number of hydrogen-bond donors (Lipinski definition) is 1. The van der Waals surface area contributed by atoms with E-state index in [2.05, 4.69) is 5.32 Å². The molecule has 0 aliphatic carbocycles. The van der Waals surface area contributed by atoms with Crippen molar-refractivity contribution in [3.8, 4) is 0 Å². The normalized spacial score (nSPS) is 17.2. The molecule has 0 radical (unpaired) electrons. The highest BCUT2D eigenvalue weighted by Crippen LogP contribution is 2.34. The number of carbonyl (C=O) groups excluding carboxylic acids is 1. The molecule has 1 aromatic carbocycles. The number of ether oxygens (including phenoxy) is 1. The summed E-state index contributed by atoms with van der Waals surface area (Å²) in [5.74, 6) is -0.399. The van der Waals surface area contributed by atoms with E-state index in [1.54, 1.807) is 6.07 Å². The predicted octanol–water partition coefficient (Wildman–Crippen LogP) is 4.10. The number of hydrogen-bond acceptors (Lipinski definition) is 3. The van der Waals surface area contributed by atoms with Gasteiger partial charge in [0.2, 0.25) is 0 Å². The van der Waals surface area contributed by atoms with Crippen LogP contribution in [0, 0.1) is 5.82 Å². The van der Waals surface area contributed by atoms with Gasteiger partial charge in [0, 0.05) is 0 Å². The van der Waals surface area contributed by atoms with E-state index in [4.69, 9.17) is 17.0 Å². The summed E-state index contributed by atoms with van der Waals surface area (Å²) in [6.07, 6.45) is 1.89. The number of rotatable bonds is 4. The van der Waals surface area contributed by atoms with E-state index < -0.39 is 11.9 Å². The summed E-state index contributed by atoms with van der Waals surface area (Å²) in [6.45, 7) is 4.30. The van der Waals surface area contributed by atoms with Crippen LogP contribution >= 0.6 is 12.2 Å². The molecule has 0 unspecified atom stereocenters. The standard InChI is InChI=1S/C15H19FN2O2S/c1-3-5-8-20-15(19)18-12(4-2)14(21)17-11-7-6-10(16)9-13(11)18/h6-7,9,12H,3-5,8H2,1-2H3,(H,17,21)/t12-/m0/s1. The van der Waals surface area contributed by atoms with Crippen molar-refractivity contribution in [1.29, 1.82) is 0 Å². The Hall–Kier alpha value is -1.69. The molecule has 1 amide bonds. The van der Waals surface area contributed by atoms with Gasteiger partial charge in [-0.05, 0) is 31.0 Å². The van der Waals surface area contributed by atoms with Crippen LogP contribution < -0.4 is 10.2 Å². The molecule has 1 atom stereocenters. The summed E-state index contributed by atoms with van der Waals surface area (Å²) in [5.41, 5.74) is 1.09. The molecule has 0 aromatic heterocycles. The molecule has 0 saturated heterocycles. The van der Waals surface area contributed by atoms with Gasteiger partial charge in [0.1, 0.15) is 10.8 Å². The number of nitrogens with zero attached hydrogens (tertiary/aromatic N) is 1. The monoisotopic (exact) mass is 310 g/mol. The highest BCUT2D eigenvalue weighted by molar-refractivity contribution is 7.80. The van der Waals surface area contributed by atoms with Crippen molar-refractivity contribution in [2.24, 2.45) is 0 Å². The van der Waals surface area contributed by atoms with E-state index in [-0.39, 0.29) is 6.04 Å². The van der Waals surface area contributed by atoms with Crippen LogP contribution in [0.15, 0.2) is 18.2 Å². The largest absolute Gasteiger partial charge is 0.449 e. The van der Waals surface area contributed by atoms with Crippen LogP contribution in [0.1, 0.15) is 33.1 Å². The van der Waals surface area contributed by atoms with E-state index in [0.29, 0.717) is 29.4 Å². The number of amides is 1. The summed E-state index contributed by atoms with van der Waals surface area (Å²) in [5, 5.41) is 3.06. The predicted molar refractivity (Wildman–Crippen MR) is 85.4 cm³/mol. The summed E-state index contributed by atoms with van der Waals surface area (Å²) >= 11 is 5.31. The summed E-state index contributed by atoms with van der Waals surface area (Å²) in [6, 6.07) is 3.92. The minimum absolute atomic E-state index is 0.316. The van der Waals surface area contributed by atoms with Crippen molar-refractivity contribution in [2.75, 3.05) is 16.8 Å². The van der Waals surface area contributed by atoms with Gasteiger partial charge in [0.05, 0.1) is 24.0 Å². The highest BCUT2D eigenvalue weighted by atomic mass is 32.1. The fourth-order valence-corrected chi connectivity index (χ4v) is 2.66. The third-order valence-electron chi connectivity index (χ3n) is 3.40. The molecule has 1 heterocycles. The van der Waals surface area contributed by atoms with Crippen LogP contribution in [0.25, 0.3) is 0 Å². The first-order chi connectivity index (χ1) is 10.1. The number of fused-ring (bicyclic) bond motifs is 1. The van der Waals surface area contributed by atoms with Gasteiger partial charge in [-0.25, -0.2) is 9.18 Å². The molecule has 0 bridgehead atoms. The Balaban J connectivity index is 2.32. The minimum Gasteiger partial charge on any atom is -0.449 e. The van der Waals surface area contributed by atoms with E-state index in [9.17, 15) is 9.18 Å². The average molecular weight is 310 g/mol. The Morgan fingerprint density at radius 3 is 2.90 bits per heavy atom. The van der Waals surface area contributed by atoms with E-state index in [1.807, 2.05) is 13.8 Å². The quantitative estimate of drug-likeness (QED) is 0.671. The number of benzene rings is 1. The van der Waals surface area contributed by atoms with Gasteiger partial charge in [-0.3, -0.25) is 4.90 Å². The van der Waals surface area contributed by atoms with Crippen LogP contribution in [-0.2, 0) is 4.74 Å². The van der Waals surface area contributed by atoms with Crippen molar-refractivity contribution in [2.45, 2.75) is 39.2 Å². The van der Waals surface area contributed by atoms with Gasteiger partial charge >= 0.3 is 6.09 Å². The highest BCUT2D eigenvalue weighted by Gasteiger charge is 2.34. The molecular formula is C15H19FN2O2S. The van der Waals surface area contributed by atoms with Gasteiger partial charge in [0.25, 0.3) is 0 Å². The fraction of sp³-hybridized carbons (Fsp3) is 0.467. The van der Waals surface area contributed by atoms with E-state index in [0.717, 1.165) is 12.8 Å². The van der Waals surface area contributed by atoms with Gasteiger partial charge in [0.15, 0.2) is 0 Å². The number of unbranched alkanes of at least 4 members (excludes halogenated alkanes) is 1. The number of halogens is 1. The molecule has 0 saturated carbocycles. The van der Waals surface area contributed by atoms with Crippen LogP contribution in [0.3, 0.4) is 0 Å². The fourth-order valence-electron chi connectivity index (χ4n) is 2.28. The van der Waals surface area contributed by atoms with Crippen LogP contribution in [-0.4, -0.2) is 23.7 Å². The maximum Gasteiger partial charge on any atom is 0.415 e. The molecule has 1 aliphatic heterocycles. The first-order valence-corrected chi connectivity index (χ1v) is 7.55. The molecule has 0 fully saturated rings. The average Bonchev–Trinajstić information content (AvgIpc) is 2.46. The molecule has 1 aliphatic rings.